The average Bonchev–Trinajstić information content (AvgIpc) is 2.57. The van der Waals surface area contributed by atoms with Crippen molar-refractivity contribution in [1.82, 2.24) is 4.98 Å². The number of rotatable bonds is 4. The molecule has 1 aromatic rings. The number of ether oxygens (including phenoxy) is 1. The van der Waals surface area contributed by atoms with Crippen molar-refractivity contribution in [3.05, 3.63) is 17.4 Å². The summed E-state index contributed by atoms with van der Waals surface area (Å²) in [6.07, 6.45) is -1.10. The summed E-state index contributed by atoms with van der Waals surface area (Å²) < 4.78 is 41.1. The van der Waals surface area contributed by atoms with Crippen LogP contribution in [0.3, 0.4) is 0 Å². The zero-order valence-corrected chi connectivity index (χ0v) is 13.1. The maximum Gasteiger partial charge on any atom is 0.496 e. The first-order valence-electron chi connectivity index (χ1n) is 6.54. The van der Waals surface area contributed by atoms with Gasteiger partial charge in [-0.3, -0.25) is 0 Å². The van der Waals surface area contributed by atoms with Crippen LogP contribution in [-0.2, 0) is 9.31 Å². The van der Waals surface area contributed by atoms with Crippen LogP contribution in [0.2, 0.25) is 5.15 Å². The number of nitrogens with zero attached hydrogens (tertiary/aromatic N) is 1. The number of hydrogen-bond donors (Lipinski definition) is 0. The van der Waals surface area contributed by atoms with Gasteiger partial charge in [0.05, 0.1) is 11.2 Å². The smallest absolute Gasteiger partial charge is 0.484 e. The Kier molecular flexibility index (Phi) is 4.47. The van der Waals surface area contributed by atoms with Crippen molar-refractivity contribution >= 4 is 24.2 Å². The van der Waals surface area contributed by atoms with Gasteiger partial charge in [0, 0.05) is 11.7 Å². The zero-order valence-electron chi connectivity index (χ0n) is 12.3. The van der Waals surface area contributed by atoms with Gasteiger partial charge in [-0.05, 0) is 33.8 Å². The molecule has 1 fully saturated rings. The molecule has 8 heteroatoms. The molecule has 2 heterocycles. The number of halogens is 3. The summed E-state index contributed by atoms with van der Waals surface area (Å²) in [6.45, 7) is 6.94. The largest absolute Gasteiger partial charge is 0.496 e. The number of hydrogen-bond acceptors (Lipinski definition) is 4. The standard InChI is InChI=1S/C13H17BClF2NO3/c1-12(2)13(3,4)21-14(20-12)8-5-9(11(15)18-6-8)19-7-10(16)17/h5-6,10H,7H2,1-4H3. The molecular weight excluding hydrogens is 302 g/mol. The van der Waals surface area contributed by atoms with Gasteiger partial charge in [-0.25, -0.2) is 13.8 Å². The Balaban J connectivity index is 2.20. The van der Waals surface area contributed by atoms with Gasteiger partial charge in [-0.15, -0.1) is 0 Å². The SMILES string of the molecule is CC1(C)OB(c2cnc(Cl)c(OCC(F)F)c2)OC1(C)C. The minimum absolute atomic E-state index is 0.0240. The number of pyridine rings is 1. The highest BCUT2D eigenvalue weighted by Gasteiger charge is 2.51. The highest BCUT2D eigenvalue weighted by molar-refractivity contribution is 6.62. The van der Waals surface area contributed by atoms with Crippen LogP contribution in [0.15, 0.2) is 12.3 Å². The molecule has 1 aromatic heterocycles. The molecule has 1 aliphatic rings. The highest BCUT2D eigenvalue weighted by atomic mass is 35.5. The van der Waals surface area contributed by atoms with Crippen molar-refractivity contribution in [3.63, 3.8) is 0 Å². The molecule has 0 aliphatic carbocycles. The first-order chi connectivity index (χ1) is 9.62. The summed E-state index contributed by atoms with van der Waals surface area (Å²) in [5.41, 5.74) is -0.426. The molecule has 2 rings (SSSR count). The van der Waals surface area contributed by atoms with E-state index in [0.717, 1.165) is 0 Å². The minimum atomic E-state index is -2.58. The Morgan fingerprint density at radius 3 is 2.38 bits per heavy atom. The van der Waals surface area contributed by atoms with E-state index >= 15 is 0 Å². The Morgan fingerprint density at radius 2 is 1.86 bits per heavy atom. The van der Waals surface area contributed by atoms with Gasteiger partial charge < -0.3 is 14.0 Å². The zero-order chi connectivity index (χ0) is 15.8. The molecule has 4 nitrogen and oxygen atoms in total. The topological polar surface area (TPSA) is 40.6 Å². The van der Waals surface area contributed by atoms with Crippen molar-refractivity contribution in [2.75, 3.05) is 6.61 Å². The minimum Gasteiger partial charge on any atom is -0.484 e. The summed E-state index contributed by atoms with van der Waals surface area (Å²) in [6, 6.07) is 1.51. The Labute approximate surface area is 127 Å². The van der Waals surface area contributed by atoms with Gasteiger partial charge in [0.2, 0.25) is 0 Å². The van der Waals surface area contributed by atoms with Crippen molar-refractivity contribution in [3.8, 4) is 5.75 Å². The highest BCUT2D eigenvalue weighted by Crippen LogP contribution is 2.36. The molecule has 1 aliphatic heterocycles. The van der Waals surface area contributed by atoms with Crippen LogP contribution < -0.4 is 10.2 Å². The monoisotopic (exact) mass is 319 g/mol. The fourth-order valence-corrected chi connectivity index (χ4v) is 1.96. The second-order valence-corrected chi connectivity index (χ2v) is 6.21. The molecule has 0 saturated carbocycles. The average molecular weight is 320 g/mol. The second kappa shape index (κ2) is 5.70. The normalized spacial score (nSPS) is 20.1. The van der Waals surface area contributed by atoms with Gasteiger partial charge in [0.1, 0.15) is 6.61 Å². The van der Waals surface area contributed by atoms with Crippen LogP contribution in [0.1, 0.15) is 27.7 Å². The molecule has 0 aromatic carbocycles. The maximum atomic E-state index is 12.2. The van der Waals surface area contributed by atoms with E-state index in [1.54, 1.807) is 0 Å². The van der Waals surface area contributed by atoms with Gasteiger partial charge in [0.25, 0.3) is 6.43 Å². The van der Waals surface area contributed by atoms with E-state index in [-0.39, 0.29) is 10.9 Å². The Hall–Kier alpha value is -0.915. The van der Waals surface area contributed by atoms with E-state index in [1.807, 2.05) is 27.7 Å². The third-order valence-corrected chi connectivity index (χ3v) is 4.00. The third kappa shape index (κ3) is 3.47. The fourth-order valence-electron chi connectivity index (χ4n) is 1.81. The van der Waals surface area contributed by atoms with Crippen LogP contribution in [-0.4, -0.2) is 36.3 Å². The molecule has 21 heavy (non-hydrogen) atoms. The number of aromatic nitrogens is 1. The molecule has 0 unspecified atom stereocenters. The molecule has 0 spiro atoms. The maximum absolute atomic E-state index is 12.2. The summed E-state index contributed by atoms with van der Waals surface area (Å²) in [4.78, 5) is 3.93. The predicted octanol–water partition coefficient (Wildman–Crippen LogP) is 2.68. The lowest BCUT2D eigenvalue weighted by atomic mass is 9.80. The molecule has 116 valence electrons. The number of alkyl halides is 2. The molecule has 0 atom stereocenters. The van der Waals surface area contributed by atoms with E-state index in [0.29, 0.717) is 5.46 Å². The lowest BCUT2D eigenvalue weighted by Gasteiger charge is -2.32. The van der Waals surface area contributed by atoms with Crippen LogP contribution in [0, 0.1) is 0 Å². The second-order valence-electron chi connectivity index (χ2n) is 5.85. The quantitative estimate of drug-likeness (QED) is 0.632. The van der Waals surface area contributed by atoms with Crippen LogP contribution in [0.5, 0.6) is 5.75 Å². The molecule has 1 saturated heterocycles. The summed E-state index contributed by atoms with van der Waals surface area (Å²) in [5, 5.41) is 0.0240. The lowest BCUT2D eigenvalue weighted by Crippen LogP contribution is -2.41. The van der Waals surface area contributed by atoms with Crippen LogP contribution in [0.4, 0.5) is 8.78 Å². The summed E-state index contributed by atoms with van der Waals surface area (Å²) in [5.74, 6) is 0.0872. The Bertz CT molecular complexity index is 512. The van der Waals surface area contributed by atoms with Gasteiger partial charge in [0.15, 0.2) is 10.9 Å². The van der Waals surface area contributed by atoms with E-state index < -0.39 is 31.4 Å². The van der Waals surface area contributed by atoms with E-state index in [9.17, 15) is 8.78 Å². The van der Waals surface area contributed by atoms with E-state index in [2.05, 4.69) is 4.98 Å². The molecule has 0 N–H and O–H groups in total. The fraction of sp³-hybridized carbons (Fsp3) is 0.615. The first kappa shape index (κ1) is 16.5. The van der Waals surface area contributed by atoms with Gasteiger partial charge in [-0.2, -0.15) is 0 Å². The first-order valence-corrected chi connectivity index (χ1v) is 6.92. The molecular formula is C13H17BClF2NO3. The van der Waals surface area contributed by atoms with E-state index in [4.69, 9.17) is 25.6 Å². The summed E-state index contributed by atoms with van der Waals surface area (Å²) in [7, 11) is -0.645. The third-order valence-electron chi connectivity index (χ3n) is 3.72. The lowest BCUT2D eigenvalue weighted by molar-refractivity contribution is 0.00578. The van der Waals surface area contributed by atoms with Crippen molar-refractivity contribution in [1.29, 1.82) is 0 Å². The van der Waals surface area contributed by atoms with Crippen molar-refractivity contribution < 1.29 is 22.8 Å². The van der Waals surface area contributed by atoms with Gasteiger partial charge in [-0.1, -0.05) is 11.6 Å². The van der Waals surface area contributed by atoms with Crippen LogP contribution in [0.25, 0.3) is 0 Å². The van der Waals surface area contributed by atoms with Gasteiger partial charge >= 0.3 is 7.12 Å². The molecule has 0 radical (unpaired) electrons. The van der Waals surface area contributed by atoms with E-state index in [1.165, 1.54) is 12.3 Å². The molecule has 0 bridgehead atoms. The summed E-state index contributed by atoms with van der Waals surface area (Å²) >= 11 is 5.84. The van der Waals surface area contributed by atoms with Crippen molar-refractivity contribution in [2.24, 2.45) is 0 Å². The van der Waals surface area contributed by atoms with Crippen LogP contribution >= 0.6 is 11.6 Å². The molecule has 0 amide bonds. The predicted molar refractivity (Wildman–Crippen MR) is 76.5 cm³/mol. The van der Waals surface area contributed by atoms with Crippen molar-refractivity contribution in [2.45, 2.75) is 45.3 Å². The Morgan fingerprint density at radius 1 is 1.29 bits per heavy atom.